The predicted octanol–water partition coefficient (Wildman–Crippen LogP) is 4.36. The van der Waals surface area contributed by atoms with Gasteiger partial charge in [0, 0.05) is 12.7 Å². The second kappa shape index (κ2) is 9.55. The van der Waals surface area contributed by atoms with Crippen LogP contribution in [-0.4, -0.2) is 38.9 Å². The number of likely N-dealkylation sites (tertiary alicyclic amines) is 1. The number of benzene rings is 1. The van der Waals surface area contributed by atoms with Crippen LogP contribution in [0.15, 0.2) is 55.0 Å². The third kappa shape index (κ3) is 4.99. The Hall–Kier alpha value is -3.48. The van der Waals surface area contributed by atoms with Crippen LogP contribution in [0.3, 0.4) is 0 Å². The first kappa shape index (κ1) is 20.8. The summed E-state index contributed by atoms with van der Waals surface area (Å²) in [6.07, 6.45) is 7.33. The molecule has 0 aliphatic carbocycles. The highest BCUT2D eigenvalue weighted by Crippen LogP contribution is 2.32. The molecule has 0 saturated carbocycles. The van der Waals surface area contributed by atoms with E-state index in [-0.39, 0.29) is 11.9 Å². The summed E-state index contributed by atoms with van der Waals surface area (Å²) in [5, 5.41) is 3.23. The topological polar surface area (TPSA) is 80.2 Å². The Balaban J connectivity index is 1.40. The highest BCUT2D eigenvalue weighted by molar-refractivity contribution is 5.77. The Bertz CT molecular complexity index is 1060. The molecule has 1 amide bonds. The maximum absolute atomic E-state index is 12.9. The zero-order chi connectivity index (χ0) is 21.6. The van der Waals surface area contributed by atoms with Gasteiger partial charge in [-0.2, -0.15) is 0 Å². The van der Waals surface area contributed by atoms with Gasteiger partial charge >= 0.3 is 0 Å². The molecule has 3 aromatic rings. The van der Waals surface area contributed by atoms with E-state index >= 15 is 0 Å². The molecular formula is C24H27N5O2. The van der Waals surface area contributed by atoms with E-state index in [9.17, 15) is 4.79 Å². The van der Waals surface area contributed by atoms with Crippen LogP contribution in [0.2, 0.25) is 0 Å². The van der Waals surface area contributed by atoms with Crippen molar-refractivity contribution >= 4 is 17.5 Å². The largest absolute Gasteiger partial charge is 0.493 e. The number of nitrogens with one attached hydrogen (secondary N) is 1. The van der Waals surface area contributed by atoms with E-state index in [2.05, 4.69) is 15.3 Å². The van der Waals surface area contributed by atoms with Gasteiger partial charge in [-0.15, -0.1) is 0 Å². The minimum atomic E-state index is -0.0648. The summed E-state index contributed by atoms with van der Waals surface area (Å²) >= 11 is 0. The summed E-state index contributed by atoms with van der Waals surface area (Å²) in [6.45, 7) is 5.08. The van der Waals surface area contributed by atoms with Crippen molar-refractivity contribution in [3.63, 3.8) is 0 Å². The number of hydrogen-bond acceptors (Lipinski definition) is 6. The Morgan fingerprint density at radius 1 is 1.16 bits per heavy atom. The van der Waals surface area contributed by atoms with E-state index in [0.717, 1.165) is 47.8 Å². The minimum absolute atomic E-state index is 0.0648. The fourth-order valence-corrected chi connectivity index (χ4v) is 3.82. The fourth-order valence-electron chi connectivity index (χ4n) is 3.82. The lowest BCUT2D eigenvalue weighted by molar-refractivity contribution is -0.132. The molecule has 31 heavy (non-hydrogen) atoms. The first-order valence-corrected chi connectivity index (χ1v) is 10.6. The summed E-state index contributed by atoms with van der Waals surface area (Å²) in [5.41, 5.74) is 2.89. The Kier molecular flexibility index (Phi) is 6.40. The molecule has 1 N–H and O–H groups in total. The molecule has 0 bridgehead atoms. The second-order valence-corrected chi connectivity index (χ2v) is 7.73. The van der Waals surface area contributed by atoms with Crippen molar-refractivity contribution in [2.45, 2.75) is 39.2 Å². The van der Waals surface area contributed by atoms with E-state index in [1.165, 1.54) is 0 Å². The van der Waals surface area contributed by atoms with E-state index < -0.39 is 0 Å². The van der Waals surface area contributed by atoms with Gasteiger partial charge in [0.2, 0.25) is 5.91 Å². The number of aromatic nitrogens is 3. The molecule has 160 valence electrons. The summed E-state index contributed by atoms with van der Waals surface area (Å²) in [7, 11) is 0. The monoisotopic (exact) mass is 417 g/mol. The van der Waals surface area contributed by atoms with Crippen LogP contribution in [0, 0.1) is 13.8 Å². The normalized spacial score (nSPS) is 15.7. The quantitative estimate of drug-likeness (QED) is 0.615. The van der Waals surface area contributed by atoms with Gasteiger partial charge in [-0.05, 0) is 49.9 Å². The standard InChI is InChI=1S/C24H27N5O2/c1-17-7-3-4-10-21(17)31-14-11-23(30)29-13-6-9-20(29)19-15-25-16-22(27-19)28-24-18(2)8-5-12-26-24/h3-5,7-8,10,12,15-16,20H,6,9,11,13-14H2,1-2H3,(H,26,27,28)/t20-/m1/s1. The summed E-state index contributed by atoms with van der Waals surface area (Å²) in [4.78, 5) is 28.2. The summed E-state index contributed by atoms with van der Waals surface area (Å²) in [6, 6.07) is 11.7. The minimum Gasteiger partial charge on any atom is -0.493 e. The molecule has 1 aromatic carbocycles. The first-order valence-electron chi connectivity index (χ1n) is 10.6. The Morgan fingerprint density at radius 2 is 2.00 bits per heavy atom. The highest BCUT2D eigenvalue weighted by Gasteiger charge is 2.31. The van der Waals surface area contributed by atoms with Crippen molar-refractivity contribution in [2.24, 2.45) is 0 Å². The smallest absolute Gasteiger partial charge is 0.226 e. The zero-order valence-corrected chi connectivity index (χ0v) is 17.9. The third-order valence-corrected chi connectivity index (χ3v) is 5.49. The zero-order valence-electron chi connectivity index (χ0n) is 17.9. The van der Waals surface area contributed by atoms with Crippen LogP contribution in [0.1, 0.15) is 42.1 Å². The van der Waals surface area contributed by atoms with Gasteiger partial charge in [0.1, 0.15) is 17.4 Å². The average Bonchev–Trinajstić information content (AvgIpc) is 3.27. The van der Waals surface area contributed by atoms with Crippen LogP contribution in [0.5, 0.6) is 5.75 Å². The highest BCUT2D eigenvalue weighted by atomic mass is 16.5. The third-order valence-electron chi connectivity index (χ3n) is 5.49. The number of aryl methyl sites for hydroxylation is 2. The summed E-state index contributed by atoms with van der Waals surface area (Å²) < 4.78 is 5.81. The van der Waals surface area contributed by atoms with Gasteiger partial charge in [-0.25, -0.2) is 9.97 Å². The number of para-hydroxylation sites is 1. The van der Waals surface area contributed by atoms with Crippen LogP contribution < -0.4 is 10.1 Å². The van der Waals surface area contributed by atoms with Crippen LogP contribution in [0.4, 0.5) is 11.6 Å². The van der Waals surface area contributed by atoms with Crippen LogP contribution in [-0.2, 0) is 4.79 Å². The van der Waals surface area contributed by atoms with Gasteiger partial charge in [-0.3, -0.25) is 9.78 Å². The van der Waals surface area contributed by atoms with Crippen molar-refractivity contribution in [2.75, 3.05) is 18.5 Å². The van der Waals surface area contributed by atoms with Gasteiger partial charge in [0.15, 0.2) is 0 Å². The Labute approximate surface area is 182 Å². The average molecular weight is 418 g/mol. The lowest BCUT2D eigenvalue weighted by Crippen LogP contribution is -2.32. The molecule has 1 atom stereocenters. The van der Waals surface area contributed by atoms with Crippen molar-refractivity contribution in [1.82, 2.24) is 19.9 Å². The molecule has 0 radical (unpaired) electrons. The number of amides is 1. The maximum atomic E-state index is 12.9. The van der Waals surface area contributed by atoms with Crippen molar-refractivity contribution in [1.29, 1.82) is 0 Å². The number of carbonyl (C=O) groups excluding carboxylic acids is 1. The summed E-state index contributed by atoms with van der Waals surface area (Å²) in [5.74, 6) is 2.28. The predicted molar refractivity (Wildman–Crippen MR) is 119 cm³/mol. The number of ether oxygens (including phenoxy) is 1. The number of pyridine rings is 1. The van der Waals surface area contributed by atoms with Crippen molar-refractivity contribution in [3.05, 3.63) is 71.8 Å². The Morgan fingerprint density at radius 3 is 2.84 bits per heavy atom. The van der Waals surface area contributed by atoms with E-state index in [1.54, 1.807) is 18.6 Å². The first-order chi connectivity index (χ1) is 15.1. The second-order valence-electron chi connectivity index (χ2n) is 7.73. The number of nitrogens with zero attached hydrogens (tertiary/aromatic N) is 4. The molecule has 0 spiro atoms. The van der Waals surface area contributed by atoms with Gasteiger partial charge < -0.3 is 15.0 Å². The van der Waals surface area contributed by atoms with Crippen molar-refractivity contribution in [3.8, 4) is 5.75 Å². The van der Waals surface area contributed by atoms with Crippen LogP contribution in [0.25, 0.3) is 0 Å². The van der Waals surface area contributed by atoms with Crippen LogP contribution >= 0.6 is 0 Å². The molecule has 1 saturated heterocycles. The molecule has 7 nitrogen and oxygen atoms in total. The molecule has 7 heteroatoms. The van der Waals surface area contributed by atoms with Gasteiger partial charge in [0.05, 0.1) is 37.2 Å². The van der Waals surface area contributed by atoms with E-state index in [1.807, 2.05) is 55.1 Å². The molecule has 3 heterocycles. The lowest BCUT2D eigenvalue weighted by Gasteiger charge is -2.24. The van der Waals surface area contributed by atoms with Gasteiger partial charge in [0.25, 0.3) is 0 Å². The molecule has 1 aliphatic rings. The van der Waals surface area contributed by atoms with E-state index in [0.29, 0.717) is 18.8 Å². The number of hydrogen-bond donors (Lipinski definition) is 1. The molecule has 0 unspecified atom stereocenters. The fraction of sp³-hybridized carbons (Fsp3) is 0.333. The maximum Gasteiger partial charge on any atom is 0.226 e. The molecule has 2 aromatic heterocycles. The van der Waals surface area contributed by atoms with Crippen molar-refractivity contribution < 1.29 is 9.53 Å². The molecule has 1 aliphatic heterocycles. The van der Waals surface area contributed by atoms with E-state index in [4.69, 9.17) is 9.72 Å². The molecule has 4 rings (SSSR count). The molecular weight excluding hydrogens is 390 g/mol. The number of rotatable bonds is 7. The number of carbonyl (C=O) groups is 1. The SMILES string of the molecule is Cc1ccccc1OCCC(=O)N1CCC[C@@H]1c1cncc(Nc2ncccc2C)n1. The van der Waals surface area contributed by atoms with Gasteiger partial charge in [-0.1, -0.05) is 24.3 Å². The lowest BCUT2D eigenvalue weighted by atomic mass is 10.1. The number of anilines is 2. The molecule has 1 fully saturated rings.